The summed E-state index contributed by atoms with van der Waals surface area (Å²) in [6.07, 6.45) is 14.0. The number of carbonyl (C=O) groups is 2. The van der Waals surface area contributed by atoms with Gasteiger partial charge in [0.2, 0.25) is 0 Å². The van der Waals surface area contributed by atoms with Crippen LogP contribution in [0.1, 0.15) is 118 Å². The maximum Gasteiger partial charge on any atom is 0.159 e. The third-order valence-electron chi connectivity index (χ3n) is 19.5. The molecule has 0 aliphatic carbocycles. The molecule has 0 saturated carbocycles. The normalized spacial score (nSPS) is 10.6. The number of hydrogen-bond acceptors (Lipinski definition) is 11. The standard InChI is InChI=1S/C22H24N.C19H16N.C18H14N.C17H10NO.2C12H10N.C11H20O2.C5H8O2.4Ir/c1-14(2)8-18-13-22(19-10-16(4)9-17(5)11-19)23-21-7-6-15(3)12-20(18)21;1-14-10-15(2)12-18(11-14)17-8-9-20-19(13-17)16-6-4-3-5-7-16;1-14-7-9-15(10-8-14)17-11-12-19-18(13-17)16-5-3-2-4-6-16;1-2-7-16-13(5-1)14-11-12(8-9-17(14)19-16)15-6-3-4-10-18-15;2*1-10-7-8-12(13-9-10)11-5-3-2-4-6-11;1-8(2)5-10(12)7-11(13)6-9(3)4;1-4(6)3-5(2)7;;;;/h6-7,9-10,12-14H,8H2,1-5H3;3-6,8-13H,1-2H3;2-5,7-13H,1H3;1-7,9-11H;2*2-5,7-9H,1H3;7-9,12H,5-6H2,1-4H3;3,6H,1-2H3;;;;/q6*-1;;;;;;. The molecule has 0 unspecified atom stereocenters. The maximum absolute atomic E-state index is 11.2. The maximum atomic E-state index is 11.2. The molecule has 0 atom stereocenters. The Hall–Kier alpha value is -11.8. The first-order chi connectivity index (χ1) is 61.1. The number of aryl methyl sites for hydroxylation is 8. The zero-order valence-corrected chi connectivity index (χ0v) is 86.7. The van der Waals surface area contributed by atoms with Crippen molar-refractivity contribution in [3.63, 3.8) is 0 Å². The van der Waals surface area contributed by atoms with Gasteiger partial charge in [0.15, 0.2) is 11.6 Å². The second kappa shape index (κ2) is 55.4. The number of furan rings is 1. The summed E-state index contributed by atoms with van der Waals surface area (Å²) in [5.41, 5.74) is 31.0. The Morgan fingerprint density at radius 1 is 0.359 bits per heavy atom. The monoisotopic (exact) mass is 2440 g/mol. The predicted molar refractivity (Wildman–Crippen MR) is 525 cm³/mol. The molecular formula is C116H112Ir4N6O5-6. The van der Waals surface area contributed by atoms with Crippen LogP contribution in [-0.4, -0.2) is 51.7 Å². The Bertz CT molecular complexity index is 6310. The van der Waals surface area contributed by atoms with Crippen LogP contribution in [0.5, 0.6) is 0 Å². The number of pyridine rings is 6. The van der Waals surface area contributed by atoms with Gasteiger partial charge in [0.05, 0.1) is 22.6 Å². The molecule has 2 N–H and O–H groups in total. The van der Waals surface area contributed by atoms with Crippen molar-refractivity contribution in [2.45, 2.75) is 130 Å². The Morgan fingerprint density at radius 3 is 1.32 bits per heavy atom. The third-order valence-corrected chi connectivity index (χ3v) is 19.5. The number of aromatic nitrogens is 6. The quantitative estimate of drug-likeness (QED) is 0.0537. The summed E-state index contributed by atoms with van der Waals surface area (Å²) >= 11 is 0. The molecule has 0 spiro atoms. The van der Waals surface area contributed by atoms with Crippen LogP contribution < -0.4 is 0 Å². The fourth-order valence-electron chi connectivity index (χ4n) is 13.8. The van der Waals surface area contributed by atoms with Crippen LogP contribution in [0.25, 0.3) is 123 Å². The number of fused-ring (bicyclic) bond motifs is 4. The van der Waals surface area contributed by atoms with Gasteiger partial charge in [-0.25, -0.2) is 0 Å². The van der Waals surface area contributed by atoms with Gasteiger partial charge in [-0.05, 0) is 189 Å². The van der Waals surface area contributed by atoms with Gasteiger partial charge >= 0.3 is 0 Å². The zero-order chi connectivity index (χ0) is 90.7. The minimum absolute atomic E-state index is 0. The van der Waals surface area contributed by atoms with Gasteiger partial charge in [0, 0.05) is 147 Å². The Morgan fingerprint density at radius 2 is 0.847 bits per heavy atom. The van der Waals surface area contributed by atoms with Gasteiger partial charge in [-0.15, -0.1) is 202 Å². The van der Waals surface area contributed by atoms with Crippen molar-refractivity contribution in [1.29, 1.82) is 0 Å². The first kappa shape index (κ1) is 108. The van der Waals surface area contributed by atoms with Gasteiger partial charge < -0.3 is 39.6 Å². The summed E-state index contributed by atoms with van der Waals surface area (Å²) in [5, 5.41) is 21.2. The summed E-state index contributed by atoms with van der Waals surface area (Å²) < 4.78 is 5.79. The molecule has 0 bridgehead atoms. The molecule has 17 aromatic rings. The number of carbonyl (C=O) groups excluding carboxylic acids is 2. The number of para-hydroxylation sites is 1. The van der Waals surface area contributed by atoms with Crippen molar-refractivity contribution < 1.29 is 105 Å². The molecule has 0 aliphatic heterocycles. The number of hydrogen-bond donors (Lipinski definition) is 2. The molecule has 0 fully saturated rings. The largest absolute Gasteiger partial charge is 0.512 e. The molecule has 4 radical (unpaired) electrons. The smallest absolute Gasteiger partial charge is 0.159 e. The summed E-state index contributed by atoms with van der Waals surface area (Å²) in [6.45, 7) is 32.2. The van der Waals surface area contributed by atoms with Gasteiger partial charge in [0.1, 0.15) is 5.58 Å². The van der Waals surface area contributed by atoms with Crippen LogP contribution in [0.2, 0.25) is 0 Å². The topological polar surface area (TPSA) is 165 Å². The molecule has 131 heavy (non-hydrogen) atoms. The number of benzene rings is 10. The van der Waals surface area contributed by atoms with E-state index in [9.17, 15) is 14.7 Å². The van der Waals surface area contributed by atoms with Crippen LogP contribution in [0.4, 0.5) is 0 Å². The van der Waals surface area contributed by atoms with Crippen LogP contribution in [0.3, 0.4) is 0 Å². The van der Waals surface area contributed by atoms with Crippen molar-refractivity contribution >= 4 is 44.4 Å². The van der Waals surface area contributed by atoms with Crippen LogP contribution >= 0.6 is 0 Å². The molecular weight excluding hydrogens is 2330 g/mol. The summed E-state index contributed by atoms with van der Waals surface area (Å²) in [5.74, 6) is 1.54. The second-order valence-electron chi connectivity index (χ2n) is 32.8. The minimum Gasteiger partial charge on any atom is -0.512 e. The van der Waals surface area contributed by atoms with Crippen molar-refractivity contribution in [3.05, 3.63) is 420 Å². The van der Waals surface area contributed by atoms with Gasteiger partial charge in [-0.1, -0.05) is 204 Å². The molecule has 10 aromatic carbocycles. The Balaban J connectivity index is 0.000000233. The number of nitrogens with zero attached hydrogens (tertiary/aromatic N) is 6. The molecule has 15 heteroatoms. The molecule has 0 saturated heterocycles. The van der Waals surface area contributed by atoms with Gasteiger partial charge in [-0.2, -0.15) is 0 Å². The van der Waals surface area contributed by atoms with E-state index in [1.54, 1.807) is 6.20 Å². The van der Waals surface area contributed by atoms with E-state index < -0.39 is 0 Å². The molecule has 0 amide bonds. The SMILES string of the molecule is CC(=O)C=C(C)O.CC(C)CC(=O)C=C(O)CC(C)C.Cc1[c-]c(-c2cc(CC(C)C)c3cc(C)ccc3n2)cc(C)c1.Cc1cc(C)cc(-c2ccnc(-c3[c-]cccc3)c2)c1.Cc1ccc(-c2[c-]cccc2)nc1.Cc1ccc(-c2[c-]cccc2)nc1.Cc1ccc(-c2ccnc(-c3[c-]cccc3)c2)cc1.[Ir].[Ir].[Ir].[Ir].[c-]1cc2oc3ccccc3c2cc1-c1ccccn1. The average molecular weight is 2440 g/mol. The van der Waals surface area contributed by atoms with Gasteiger partial charge in [0.25, 0.3) is 0 Å². The number of allylic oxidation sites excluding steroid dienone is 4. The zero-order valence-electron chi connectivity index (χ0n) is 77.1. The first-order valence-corrected chi connectivity index (χ1v) is 42.9. The van der Waals surface area contributed by atoms with E-state index in [1.807, 2.05) is 224 Å². The summed E-state index contributed by atoms with van der Waals surface area (Å²) in [6, 6.07) is 114. The number of rotatable bonds is 16. The van der Waals surface area contributed by atoms with Crippen LogP contribution in [-0.2, 0) is 96.4 Å². The third kappa shape index (κ3) is 35.8. The van der Waals surface area contributed by atoms with E-state index in [-0.39, 0.29) is 104 Å². The summed E-state index contributed by atoms with van der Waals surface area (Å²) in [4.78, 5) is 48.0. The van der Waals surface area contributed by atoms with Crippen LogP contribution in [0.15, 0.2) is 338 Å². The van der Waals surface area contributed by atoms with Gasteiger partial charge in [-0.3, -0.25) is 14.6 Å². The van der Waals surface area contributed by atoms with Crippen molar-refractivity contribution in [2.24, 2.45) is 17.8 Å². The van der Waals surface area contributed by atoms with E-state index in [1.165, 1.54) is 98.1 Å². The van der Waals surface area contributed by atoms with E-state index in [2.05, 4.69) is 238 Å². The summed E-state index contributed by atoms with van der Waals surface area (Å²) in [7, 11) is 0. The van der Waals surface area contributed by atoms with E-state index in [0.29, 0.717) is 30.6 Å². The van der Waals surface area contributed by atoms with Crippen molar-refractivity contribution in [2.75, 3.05) is 0 Å². The van der Waals surface area contributed by atoms with Crippen molar-refractivity contribution in [1.82, 2.24) is 29.9 Å². The van der Waals surface area contributed by atoms with E-state index in [4.69, 9.17) is 14.5 Å². The van der Waals surface area contributed by atoms with Crippen molar-refractivity contribution in [3.8, 4) is 89.8 Å². The predicted octanol–water partition coefficient (Wildman–Crippen LogP) is 29.5. The fraction of sp³-hybridized carbons (Fsp3) is 0.190. The Kier molecular flexibility index (Phi) is 45.6. The second-order valence-corrected chi connectivity index (χ2v) is 32.8. The number of aliphatic hydroxyl groups excluding tert-OH is 2. The fourth-order valence-corrected chi connectivity index (χ4v) is 13.8. The average Bonchev–Trinajstić information content (AvgIpc) is 1.46. The first-order valence-electron chi connectivity index (χ1n) is 42.9. The molecule has 11 nitrogen and oxygen atoms in total. The Labute approximate surface area is 829 Å². The minimum atomic E-state index is -0.125. The van der Waals surface area contributed by atoms with E-state index >= 15 is 0 Å². The molecule has 678 valence electrons. The molecule has 7 heterocycles. The molecule has 0 aliphatic rings. The molecule has 17 rings (SSSR count). The molecule has 7 aromatic heterocycles. The number of ketones is 2. The van der Waals surface area contributed by atoms with E-state index in [0.717, 1.165) is 107 Å². The van der Waals surface area contributed by atoms with Crippen LogP contribution in [0, 0.1) is 110 Å². The number of aliphatic hydroxyl groups is 2.